The highest BCUT2D eigenvalue weighted by Gasteiger charge is 2.35. The van der Waals surface area contributed by atoms with Gasteiger partial charge in [0.2, 0.25) is 11.8 Å². The molecule has 1 aromatic heterocycles. The first-order valence-electron chi connectivity index (χ1n) is 14.7. The highest BCUT2D eigenvalue weighted by Crippen LogP contribution is 2.34. The van der Waals surface area contributed by atoms with E-state index in [1.807, 2.05) is 45.9 Å². The SMILES string of the molecule is CC(C)(C)N.Cc1oc(/C=C/CC(C)C)nc1CCOc1ccc2c(c1)C(C(=O)O)N(C(=O)C=C1CCCC1)CC2. The highest BCUT2D eigenvalue weighted by atomic mass is 16.5. The molecule has 4 rings (SSSR count). The molecule has 0 saturated heterocycles. The van der Waals surface area contributed by atoms with E-state index in [2.05, 4.69) is 24.9 Å². The van der Waals surface area contributed by atoms with E-state index in [0.717, 1.165) is 54.7 Å². The van der Waals surface area contributed by atoms with E-state index < -0.39 is 12.0 Å². The molecule has 41 heavy (non-hydrogen) atoms. The summed E-state index contributed by atoms with van der Waals surface area (Å²) < 4.78 is 11.7. The van der Waals surface area contributed by atoms with Gasteiger partial charge in [0.25, 0.3) is 0 Å². The van der Waals surface area contributed by atoms with Gasteiger partial charge in [-0.05, 0) is 101 Å². The normalized spacial score (nSPS) is 16.9. The van der Waals surface area contributed by atoms with Crippen molar-refractivity contribution in [3.8, 4) is 5.75 Å². The van der Waals surface area contributed by atoms with Gasteiger partial charge in [0.15, 0.2) is 6.04 Å². The van der Waals surface area contributed by atoms with E-state index >= 15 is 0 Å². The van der Waals surface area contributed by atoms with Gasteiger partial charge in [-0.15, -0.1) is 0 Å². The van der Waals surface area contributed by atoms with Crippen molar-refractivity contribution in [1.29, 1.82) is 0 Å². The molecule has 1 aromatic carbocycles. The minimum atomic E-state index is -1.03. The third kappa shape index (κ3) is 10.2. The smallest absolute Gasteiger partial charge is 0.331 e. The van der Waals surface area contributed by atoms with Gasteiger partial charge in [-0.1, -0.05) is 31.6 Å². The summed E-state index contributed by atoms with van der Waals surface area (Å²) >= 11 is 0. The molecule has 2 aromatic rings. The third-order valence-corrected chi connectivity index (χ3v) is 6.82. The molecule has 1 amide bonds. The van der Waals surface area contributed by atoms with Gasteiger partial charge in [-0.25, -0.2) is 9.78 Å². The Bertz CT molecular complexity index is 1240. The number of aromatic nitrogens is 1. The Labute approximate surface area is 244 Å². The van der Waals surface area contributed by atoms with Gasteiger partial charge in [0.05, 0.1) is 12.3 Å². The van der Waals surface area contributed by atoms with Crippen molar-refractivity contribution in [2.45, 2.75) is 98.1 Å². The standard InChI is InChI=1S/C29H36N2O5.C4H11N/c1-19(2)7-6-10-26-30-25(20(3)36-26)14-16-35-23-12-11-22-13-15-31(28(29(33)34)24(22)18-23)27(32)17-21-8-4-5-9-21;1-4(2,3)5/h6,10-12,17-19,28H,4-5,7-9,13-16H2,1-3H3,(H,33,34);5H2,1-3H3/b10-6+;. The zero-order valence-corrected chi connectivity index (χ0v) is 25.5. The number of aliphatic carboxylic acids is 1. The van der Waals surface area contributed by atoms with Crippen LogP contribution in [-0.2, 0) is 22.4 Å². The summed E-state index contributed by atoms with van der Waals surface area (Å²) in [5.74, 6) is 1.29. The zero-order chi connectivity index (χ0) is 30.2. The lowest BCUT2D eigenvalue weighted by molar-refractivity contribution is -0.149. The van der Waals surface area contributed by atoms with Crippen molar-refractivity contribution >= 4 is 18.0 Å². The first kappa shape index (κ1) is 32.1. The van der Waals surface area contributed by atoms with Crippen molar-refractivity contribution in [3.05, 3.63) is 64.4 Å². The van der Waals surface area contributed by atoms with Gasteiger partial charge >= 0.3 is 5.97 Å². The average molecular weight is 566 g/mol. The lowest BCUT2D eigenvalue weighted by Crippen LogP contribution is -2.43. The molecule has 224 valence electrons. The minimum absolute atomic E-state index is 0. The van der Waals surface area contributed by atoms with Gasteiger partial charge in [-0.2, -0.15) is 0 Å². The Hall–Kier alpha value is -3.39. The summed E-state index contributed by atoms with van der Waals surface area (Å²) in [6.45, 7) is 12.9. The van der Waals surface area contributed by atoms with E-state index in [1.165, 1.54) is 4.90 Å². The quantitative estimate of drug-likeness (QED) is 0.337. The topological polar surface area (TPSA) is 119 Å². The number of nitrogens with zero attached hydrogens (tertiary/aromatic N) is 2. The van der Waals surface area contributed by atoms with E-state index in [9.17, 15) is 14.7 Å². The lowest BCUT2D eigenvalue weighted by Gasteiger charge is -2.34. The fourth-order valence-corrected chi connectivity index (χ4v) is 4.88. The maximum atomic E-state index is 13.0. The molecule has 0 spiro atoms. The summed E-state index contributed by atoms with van der Waals surface area (Å²) in [6, 6.07) is 4.54. The van der Waals surface area contributed by atoms with Gasteiger partial charge in [0.1, 0.15) is 11.5 Å². The lowest BCUT2D eigenvalue weighted by atomic mass is 9.92. The highest BCUT2D eigenvalue weighted by molar-refractivity contribution is 5.92. The molecule has 1 aliphatic carbocycles. The number of allylic oxidation sites excluding steroid dienone is 2. The molecule has 2 aliphatic rings. The number of carbonyl (C=O) groups is 2. The Morgan fingerprint density at radius 1 is 1.22 bits per heavy atom. The van der Waals surface area contributed by atoms with Crippen LogP contribution < -0.4 is 10.5 Å². The number of hydrogen-bond acceptors (Lipinski definition) is 6. The minimum Gasteiger partial charge on any atom is -0.493 e. The molecule has 1 aliphatic heterocycles. The van der Waals surface area contributed by atoms with E-state index in [-0.39, 0.29) is 11.4 Å². The van der Waals surface area contributed by atoms with Crippen LogP contribution in [0.5, 0.6) is 5.75 Å². The number of carboxylic acids is 1. The van der Waals surface area contributed by atoms with Crippen LogP contribution >= 0.6 is 0 Å². The molecule has 1 fully saturated rings. The summed E-state index contributed by atoms with van der Waals surface area (Å²) in [5, 5.41) is 10.0. The second-order valence-corrected chi connectivity index (χ2v) is 12.4. The van der Waals surface area contributed by atoms with Crippen LogP contribution in [0.15, 0.2) is 40.3 Å². The first-order valence-corrected chi connectivity index (χ1v) is 14.7. The zero-order valence-electron chi connectivity index (χ0n) is 25.5. The predicted octanol–water partition coefficient (Wildman–Crippen LogP) is 6.42. The van der Waals surface area contributed by atoms with Crippen molar-refractivity contribution < 1.29 is 23.8 Å². The molecule has 1 atom stereocenters. The fraction of sp³-hybridized carbons (Fsp3) is 0.545. The molecule has 3 N–H and O–H groups in total. The van der Waals surface area contributed by atoms with Crippen LogP contribution in [0.3, 0.4) is 0 Å². The molecule has 1 saturated carbocycles. The number of amides is 1. The van der Waals surface area contributed by atoms with Crippen molar-refractivity contribution in [2.75, 3.05) is 13.2 Å². The van der Waals surface area contributed by atoms with Crippen molar-refractivity contribution in [1.82, 2.24) is 9.88 Å². The molecular weight excluding hydrogens is 518 g/mol. The van der Waals surface area contributed by atoms with Crippen LogP contribution in [0, 0.1) is 12.8 Å². The molecule has 1 unspecified atom stereocenters. The Balaban J connectivity index is 0.000000850. The average Bonchev–Trinajstić information content (AvgIpc) is 3.51. The number of rotatable bonds is 9. The number of fused-ring (bicyclic) bond motifs is 1. The predicted molar refractivity (Wildman–Crippen MR) is 162 cm³/mol. The Morgan fingerprint density at radius 3 is 2.54 bits per heavy atom. The molecule has 0 bridgehead atoms. The van der Waals surface area contributed by atoms with Gasteiger partial charge in [0, 0.05) is 24.6 Å². The van der Waals surface area contributed by atoms with Crippen LogP contribution in [-0.4, -0.2) is 45.6 Å². The molecule has 0 radical (unpaired) electrons. The first-order chi connectivity index (χ1) is 19.3. The Morgan fingerprint density at radius 2 is 1.90 bits per heavy atom. The van der Waals surface area contributed by atoms with Gasteiger partial charge < -0.3 is 24.9 Å². The third-order valence-electron chi connectivity index (χ3n) is 6.82. The number of benzene rings is 1. The van der Waals surface area contributed by atoms with Crippen molar-refractivity contribution in [3.63, 3.8) is 0 Å². The number of hydrogen-bond donors (Lipinski definition) is 2. The van der Waals surface area contributed by atoms with Crippen LogP contribution in [0.25, 0.3) is 6.08 Å². The molecule has 8 nitrogen and oxygen atoms in total. The maximum absolute atomic E-state index is 13.0. The van der Waals surface area contributed by atoms with Crippen molar-refractivity contribution in [2.24, 2.45) is 11.7 Å². The largest absolute Gasteiger partial charge is 0.493 e. The second-order valence-electron chi connectivity index (χ2n) is 12.4. The molecule has 8 heteroatoms. The van der Waals surface area contributed by atoms with Crippen LogP contribution in [0.1, 0.15) is 101 Å². The van der Waals surface area contributed by atoms with E-state index in [4.69, 9.17) is 14.9 Å². The van der Waals surface area contributed by atoms with E-state index in [1.54, 1.807) is 12.1 Å². The summed E-state index contributed by atoms with van der Waals surface area (Å²) in [4.78, 5) is 31.2. The monoisotopic (exact) mass is 565 g/mol. The maximum Gasteiger partial charge on any atom is 0.331 e. The summed E-state index contributed by atoms with van der Waals surface area (Å²) in [5.41, 5.74) is 8.88. The number of carboxylic acid groups (broad SMARTS) is 1. The number of carbonyl (C=O) groups excluding carboxylic acids is 1. The summed E-state index contributed by atoms with van der Waals surface area (Å²) in [7, 11) is 0. The second kappa shape index (κ2) is 14.5. The number of oxazole rings is 1. The van der Waals surface area contributed by atoms with Crippen LogP contribution in [0.4, 0.5) is 0 Å². The molecule has 2 heterocycles. The number of ether oxygens (including phenoxy) is 1. The Kier molecular flexibility index (Phi) is 11.4. The molecular formula is C33H47N3O5. The number of aryl methyl sites for hydroxylation is 1. The van der Waals surface area contributed by atoms with Gasteiger partial charge in [-0.3, -0.25) is 4.79 Å². The number of nitrogens with two attached hydrogens (primary N) is 1. The van der Waals surface area contributed by atoms with Crippen LogP contribution in [0.2, 0.25) is 0 Å². The summed E-state index contributed by atoms with van der Waals surface area (Å²) in [6.07, 6.45) is 11.8. The fourth-order valence-electron chi connectivity index (χ4n) is 4.88. The van der Waals surface area contributed by atoms with E-state index in [0.29, 0.717) is 49.1 Å².